The zero-order chi connectivity index (χ0) is 33.2. The highest BCUT2D eigenvalue weighted by Gasteiger charge is 2.47. The van der Waals surface area contributed by atoms with E-state index in [2.05, 4.69) is 41.4 Å². The van der Waals surface area contributed by atoms with Crippen molar-refractivity contribution >= 4 is 61.7 Å². The molecule has 2 aromatic heterocycles. The van der Waals surface area contributed by atoms with Crippen molar-refractivity contribution in [1.29, 1.82) is 0 Å². The summed E-state index contributed by atoms with van der Waals surface area (Å²) in [5.41, 5.74) is 2.06. The number of hydrogen-bond donors (Lipinski definition) is 1. The van der Waals surface area contributed by atoms with Gasteiger partial charge in [0.15, 0.2) is 27.4 Å². The van der Waals surface area contributed by atoms with Crippen LogP contribution in [0, 0.1) is 0 Å². The van der Waals surface area contributed by atoms with Crippen LogP contribution in [0.1, 0.15) is 47.5 Å². The SMILES string of the molecule is CCCCOc1ccc(C2C(C(=O)c3cc4ccccc4o3)=C(O)C(=O)N2c2nnc(SCc3cccc4ccccc34)s2)cc1OC. The highest BCUT2D eigenvalue weighted by molar-refractivity contribution is 8.00. The number of ketones is 1. The van der Waals surface area contributed by atoms with Crippen LogP contribution >= 0.6 is 23.1 Å². The standard InChI is InChI=1S/C37H31N3O6S2/c1-3-4-18-45-28-17-16-24(20-29(28)44-2)32-31(33(41)30-19-23-11-6-8-15-27(23)46-30)34(42)35(43)40(32)36-38-39-37(48-36)47-21-25-13-9-12-22-10-5-7-14-26(22)25/h5-17,19-20,32,42H,3-4,18,21H2,1-2H3. The van der Waals surface area contributed by atoms with Crippen LogP contribution in [0.4, 0.5) is 5.13 Å². The van der Waals surface area contributed by atoms with Crippen LogP contribution in [-0.4, -0.2) is 40.7 Å². The molecule has 7 rings (SSSR count). The number of ether oxygens (including phenoxy) is 2. The minimum absolute atomic E-state index is 0.00693. The summed E-state index contributed by atoms with van der Waals surface area (Å²) in [6.07, 6.45) is 1.85. The fraction of sp³-hybridized carbons (Fsp3) is 0.189. The van der Waals surface area contributed by atoms with Gasteiger partial charge in [-0.2, -0.15) is 0 Å². The zero-order valence-corrected chi connectivity index (χ0v) is 27.8. The highest BCUT2D eigenvalue weighted by Crippen LogP contribution is 2.46. The molecule has 6 aromatic rings. The van der Waals surface area contributed by atoms with Crippen LogP contribution in [0.2, 0.25) is 0 Å². The van der Waals surface area contributed by atoms with E-state index in [0.29, 0.717) is 39.3 Å². The van der Waals surface area contributed by atoms with Gasteiger partial charge in [0.2, 0.25) is 10.9 Å². The third-order valence-corrected chi connectivity index (χ3v) is 10.3. The van der Waals surface area contributed by atoms with Gasteiger partial charge in [0.05, 0.1) is 25.3 Å². The smallest absolute Gasteiger partial charge is 0.296 e. The fourth-order valence-corrected chi connectivity index (χ4v) is 7.66. The van der Waals surface area contributed by atoms with E-state index in [0.717, 1.165) is 34.6 Å². The van der Waals surface area contributed by atoms with Crippen LogP contribution in [0.5, 0.6) is 11.5 Å². The van der Waals surface area contributed by atoms with Crippen molar-refractivity contribution in [1.82, 2.24) is 10.2 Å². The van der Waals surface area contributed by atoms with Gasteiger partial charge in [-0.3, -0.25) is 14.5 Å². The van der Waals surface area contributed by atoms with E-state index in [-0.39, 0.29) is 16.5 Å². The topological polar surface area (TPSA) is 115 Å². The Labute approximate surface area is 284 Å². The van der Waals surface area contributed by atoms with E-state index in [4.69, 9.17) is 13.9 Å². The van der Waals surface area contributed by atoms with Gasteiger partial charge in [-0.1, -0.05) is 103 Å². The molecular formula is C37H31N3O6S2. The normalized spacial score (nSPS) is 14.8. The second-order valence-electron chi connectivity index (χ2n) is 11.2. The van der Waals surface area contributed by atoms with Gasteiger partial charge in [0.1, 0.15) is 5.58 Å². The second kappa shape index (κ2) is 13.5. The number of hydrogen-bond acceptors (Lipinski definition) is 10. The Kier molecular flexibility index (Phi) is 8.88. The first-order chi connectivity index (χ1) is 23.5. The predicted molar refractivity (Wildman–Crippen MR) is 187 cm³/mol. The number of rotatable bonds is 12. The molecule has 9 nitrogen and oxygen atoms in total. The average Bonchev–Trinajstić information content (AvgIpc) is 3.83. The number of thioether (sulfide) groups is 1. The number of anilines is 1. The Morgan fingerprint density at radius 1 is 0.979 bits per heavy atom. The predicted octanol–water partition coefficient (Wildman–Crippen LogP) is 8.70. The number of Topliss-reactive ketones (excluding diaryl/α,β-unsaturated/α-hetero) is 1. The lowest BCUT2D eigenvalue weighted by Crippen LogP contribution is -2.31. The van der Waals surface area contributed by atoms with E-state index < -0.39 is 23.5 Å². The summed E-state index contributed by atoms with van der Waals surface area (Å²) < 4.78 is 18.1. The number of carbonyl (C=O) groups excluding carboxylic acids is 2. The van der Waals surface area contributed by atoms with Crippen LogP contribution in [0.3, 0.4) is 0 Å². The van der Waals surface area contributed by atoms with Crippen LogP contribution in [0.25, 0.3) is 21.7 Å². The number of aliphatic hydroxyl groups excluding tert-OH is 1. The van der Waals surface area contributed by atoms with E-state index in [1.807, 2.05) is 36.4 Å². The summed E-state index contributed by atoms with van der Waals surface area (Å²) in [5.74, 6) is -0.428. The number of benzene rings is 4. The summed E-state index contributed by atoms with van der Waals surface area (Å²) >= 11 is 2.72. The Hall–Kier alpha value is -5.13. The third-order valence-electron chi connectivity index (χ3n) is 8.19. The van der Waals surface area contributed by atoms with Crippen LogP contribution < -0.4 is 14.4 Å². The van der Waals surface area contributed by atoms with E-state index in [1.165, 1.54) is 35.1 Å². The molecule has 0 saturated carbocycles. The molecule has 3 heterocycles. The molecule has 242 valence electrons. The zero-order valence-electron chi connectivity index (χ0n) is 26.2. The minimum Gasteiger partial charge on any atom is -0.503 e. The molecule has 11 heteroatoms. The van der Waals surface area contributed by atoms with Crippen molar-refractivity contribution in [2.75, 3.05) is 18.6 Å². The second-order valence-corrected chi connectivity index (χ2v) is 13.4. The first-order valence-corrected chi connectivity index (χ1v) is 17.3. The van der Waals surface area contributed by atoms with E-state index in [9.17, 15) is 14.7 Å². The maximum atomic E-state index is 14.1. The molecule has 1 aliphatic heterocycles. The molecule has 1 atom stereocenters. The van der Waals surface area contributed by atoms with E-state index >= 15 is 0 Å². The molecule has 1 aliphatic rings. The maximum Gasteiger partial charge on any atom is 0.296 e. The molecule has 1 N–H and O–H groups in total. The molecular weight excluding hydrogens is 647 g/mol. The lowest BCUT2D eigenvalue weighted by atomic mass is 9.95. The average molecular weight is 678 g/mol. The number of unbranched alkanes of at least 4 members (excludes halogenated alkanes) is 1. The quantitative estimate of drug-likeness (QED) is 0.0588. The largest absolute Gasteiger partial charge is 0.503 e. The summed E-state index contributed by atoms with van der Waals surface area (Å²) in [4.78, 5) is 29.3. The summed E-state index contributed by atoms with van der Waals surface area (Å²) in [6.45, 7) is 2.59. The Morgan fingerprint density at radius 3 is 2.58 bits per heavy atom. The first-order valence-electron chi connectivity index (χ1n) is 15.5. The molecule has 4 aromatic carbocycles. The molecule has 0 fully saturated rings. The van der Waals surface area contributed by atoms with Gasteiger partial charge in [0.25, 0.3) is 5.91 Å². The summed E-state index contributed by atoms with van der Waals surface area (Å²) in [5, 5.41) is 23.4. The molecule has 0 radical (unpaired) electrons. The lowest BCUT2D eigenvalue weighted by molar-refractivity contribution is -0.117. The number of methoxy groups -OCH3 is 1. The van der Waals surface area contributed by atoms with Gasteiger partial charge in [-0.05, 0) is 52.6 Å². The van der Waals surface area contributed by atoms with Crippen molar-refractivity contribution in [2.45, 2.75) is 35.9 Å². The molecule has 0 saturated heterocycles. The number of aromatic nitrogens is 2. The van der Waals surface area contributed by atoms with Crippen molar-refractivity contribution < 1.29 is 28.6 Å². The highest BCUT2D eigenvalue weighted by atomic mass is 32.2. The Bertz CT molecular complexity index is 2150. The number of amides is 1. The van der Waals surface area contributed by atoms with Crippen LogP contribution in [-0.2, 0) is 10.5 Å². The van der Waals surface area contributed by atoms with Gasteiger partial charge >= 0.3 is 0 Å². The Balaban J connectivity index is 1.25. The minimum atomic E-state index is -1.04. The molecule has 48 heavy (non-hydrogen) atoms. The fourth-order valence-electron chi connectivity index (χ4n) is 5.79. The van der Waals surface area contributed by atoms with Gasteiger partial charge in [-0.25, -0.2) is 0 Å². The number of para-hydroxylation sites is 1. The monoisotopic (exact) mass is 677 g/mol. The van der Waals surface area contributed by atoms with Crippen molar-refractivity contribution in [3.8, 4) is 11.5 Å². The van der Waals surface area contributed by atoms with Crippen molar-refractivity contribution in [3.63, 3.8) is 0 Å². The number of furan rings is 1. The molecule has 1 amide bonds. The summed E-state index contributed by atoms with van der Waals surface area (Å²) in [6, 6.07) is 27.4. The number of fused-ring (bicyclic) bond motifs is 2. The van der Waals surface area contributed by atoms with E-state index in [1.54, 1.807) is 30.3 Å². The van der Waals surface area contributed by atoms with Crippen molar-refractivity contribution in [3.05, 3.63) is 119 Å². The van der Waals surface area contributed by atoms with Gasteiger partial charge in [-0.15, -0.1) is 10.2 Å². The Morgan fingerprint density at radius 2 is 1.77 bits per heavy atom. The first kappa shape index (κ1) is 31.5. The van der Waals surface area contributed by atoms with Gasteiger partial charge < -0.3 is 19.0 Å². The number of carbonyl (C=O) groups is 2. The number of nitrogens with zero attached hydrogens (tertiary/aromatic N) is 3. The molecule has 0 aliphatic carbocycles. The van der Waals surface area contributed by atoms with Gasteiger partial charge in [0, 0.05) is 11.1 Å². The summed E-state index contributed by atoms with van der Waals surface area (Å²) in [7, 11) is 1.53. The molecule has 0 bridgehead atoms. The lowest BCUT2D eigenvalue weighted by Gasteiger charge is -2.24. The van der Waals surface area contributed by atoms with Crippen molar-refractivity contribution in [2.24, 2.45) is 0 Å². The van der Waals surface area contributed by atoms with Crippen LogP contribution in [0.15, 0.2) is 111 Å². The maximum absolute atomic E-state index is 14.1. The molecule has 0 spiro atoms. The molecule has 1 unspecified atom stereocenters. The third kappa shape index (κ3) is 5.91. The number of aliphatic hydroxyl groups is 1.